The van der Waals surface area contributed by atoms with E-state index < -0.39 is 11.6 Å². The van der Waals surface area contributed by atoms with Crippen LogP contribution in [0, 0.1) is 12.3 Å². The molecule has 1 aliphatic rings. The van der Waals surface area contributed by atoms with Crippen LogP contribution in [-0.4, -0.2) is 16.2 Å². The molecule has 0 amide bonds. The number of Topliss-reactive ketones (excluding diaryl/α,β-unsaturated/α-hetero) is 2. The average molecular weight is 392 g/mol. The minimum atomic E-state index is -0.589. The Kier molecular flexibility index (Phi) is 3.93. The van der Waals surface area contributed by atoms with Gasteiger partial charge in [-0.15, -0.1) is 29.5 Å². The van der Waals surface area contributed by atoms with Gasteiger partial charge in [-0.1, -0.05) is 21.9 Å². The third-order valence-corrected chi connectivity index (χ3v) is 5.43. The fourth-order valence-corrected chi connectivity index (χ4v) is 4.65. The second-order valence-electron chi connectivity index (χ2n) is 3.05. The molecular weight excluding hydrogens is 388 g/mol. The highest BCUT2D eigenvalue weighted by Gasteiger charge is 2.33. The van der Waals surface area contributed by atoms with Crippen LogP contribution < -0.4 is 0 Å². The van der Waals surface area contributed by atoms with Crippen molar-refractivity contribution in [1.29, 1.82) is 0 Å². The summed E-state index contributed by atoms with van der Waals surface area (Å²) in [5.41, 5.74) is 0.607. The summed E-state index contributed by atoms with van der Waals surface area (Å²) < 4.78 is 1.43. The van der Waals surface area contributed by atoms with Crippen molar-refractivity contribution in [3.05, 3.63) is 25.9 Å². The summed E-state index contributed by atoms with van der Waals surface area (Å²) in [5.74, 6) is 1.22. The van der Waals surface area contributed by atoms with Crippen molar-refractivity contribution in [2.45, 2.75) is 0 Å². The van der Waals surface area contributed by atoms with E-state index in [2.05, 4.69) is 37.8 Å². The predicted octanol–water partition coefficient (Wildman–Crippen LogP) is 3.71. The number of rotatable bonds is 2. The second-order valence-corrected chi connectivity index (χ2v) is 7.77. The van der Waals surface area contributed by atoms with E-state index in [9.17, 15) is 9.59 Å². The largest absolute Gasteiger partial charge is 0.285 e. The molecule has 2 rings (SSSR count). The number of hydrogen-bond donors (Lipinski definition) is 0. The van der Waals surface area contributed by atoms with Crippen LogP contribution in [0.5, 0.6) is 0 Å². The van der Waals surface area contributed by atoms with E-state index >= 15 is 0 Å². The number of thioether (sulfide) groups is 1. The molecule has 1 heterocycles. The zero-order valence-corrected chi connectivity index (χ0v) is 13.1. The van der Waals surface area contributed by atoms with E-state index in [1.165, 1.54) is 23.1 Å². The Morgan fingerprint density at radius 3 is 2.71 bits per heavy atom. The maximum Gasteiger partial charge on any atom is 0.243 e. The molecule has 0 unspecified atom stereocenters. The molecule has 0 spiro atoms. The third kappa shape index (κ3) is 2.17. The molecular formula is C11H4Br2O2S2. The van der Waals surface area contributed by atoms with Crippen LogP contribution in [-0.2, 0) is 4.79 Å². The highest BCUT2D eigenvalue weighted by Crippen LogP contribution is 2.43. The molecule has 86 valence electrons. The zero-order valence-electron chi connectivity index (χ0n) is 8.25. The first-order valence-electron chi connectivity index (χ1n) is 4.38. The fourth-order valence-electron chi connectivity index (χ4n) is 1.47. The molecule has 0 saturated carbocycles. The van der Waals surface area contributed by atoms with Crippen LogP contribution in [0.1, 0.15) is 15.2 Å². The lowest BCUT2D eigenvalue weighted by atomic mass is 9.96. The number of carbonyl (C=O) groups excluding carboxylic acids is 2. The highest BCUT2D eigenvalue weighted by atomic mass is 79.9. The molecule has 2 nitrogen and oxygen atoms in total. The molecule has 0 fully saturated rings. The van der Waals surface area contributed by atoms with E-state index in [0.29, 0.717) is 15.1 Å². The van der Waals surface area contributed by atoms with E-state index in [-0.39, 0.29) is 5.57 Å². The van der Waals surface area contributed by atoms with Crippen molar-refractivity contribution in [2.24, 2.45) is 0 Å². The minimum absolute atomic E-state index is 0.168. The number of hydrogen-bond acceptors (Lipinski definition) is 4. The Morgan fingerprint density at radius 1 is 1.41 bits per heavy atom. The van der Waals surface area contributed by atoms with Gasteiger partial charge in [0.15, 0.2) is 0 Å². The Morgan fingerprint density at radius 2 is 2.12 bits per heavy atom. The molecule has 0 bridgehead atoms. The van der Waals surface area contributed by atoms with Gasteiger partial charge < -0.3 is 0 Å². The standard InChI is InChI=1S/C11H4Br2O2S2/c1-2-5-8(14)9(15)6-3-7(13)17-11(6)10(5)16-4-12/h1,3H,4H2. The summed E-state index contributed by atoms with van der Waals surface area (Å²) in [5, 5.41) is 0. The average Bonchev–Trinajstić information content (AvgIpc) is 2.68. The van der Waals surface area contributed by atoms with E-state index in [1.807, 2.05) is 0 Å². The first-order valence-corrected chi connectivity index (χ1v) is 8.10. The molecule has 0 aliphatic heterocycles. The number of ketones is 2. The summed E-state index contributed by atoms with van der Waals surface area (Å²) in [7, 11) is 0. The molecule has 0 radical (unpaired) electrons. The fraction of sp³-hybridized carbons (Fsp3) is 0.0909. The van der Waals surface area contributed by atoms with Crippen molar-refractivity contribution in [1.82, 2.24) is 0 Å². The van der Waals surface area contributed by atoms with E-state index in [0.717, 1.165) is 8.66 Å². The summed E-state index contributed by atoms with van der Waals surface area (Å²) in [4.78, 5) is 25.1. The normalized spacial score (nSPS) is 14.9. The molecule has 1 aromatic rings. The lowest BCUT2D eigenvalue weighted by Crippen LogP contribution is -2.21. The number of allylic oxidation sites excluding steroid dienone is 1. The maximum atomic E-state index is 11.8. The van der Waals surface area contributed by atoms with Gasteiger partial charge in [-0.2, -0.15) is 0 Å². The summed E-state index contributed by atoms with van der Waals surface area (Å²) in [6.07, 6.45) is 5.32. The van der Waals surface area contributed by atoms with Crippen LogP contribution in [0.4, 0.5) is 0 Å². The zero-order chi connectivity index (χ0) is 12.6. The molecule has 17 heavy (non-hydrogen) atoms. The van der Waals surface area contributed by atoms with Gasteiger partial charge in [0.2, 0.25) is 11.6 Å². The molecule has 0 atom stereocenters. The monoisotopic (exact) mass is 390 g/mol. The number of thiophene rings is 1. The number of fused-ring (bicyclic) bond motifs is 1. The SMILES string of the molecule is C#CC1=C(SCBr)c2sc(Br)cc2C(=O)C1=O. The van der Waals surface area contributed by atoms with Crippen molar-refractivity contribution in [2.75, 3.05) is 4.66 Å². The smallest absolute Gasteiger partial charge is 0.243 e. The van der Waals surface area contributed by atoms with Crippen LogP contribution in [0.25, 0.3) is 4.91 Å². The van der Waals surface area contributed by atoms with Gasteiger partial charge in [0.1, 0.15) is 0 Å². The lowest BCUT2D eigenvalue weighted by molar-refractivity contribution is -0.111. The Hall–Kier alpha value is -0.350. The first kappa shape index (κ1) is 13.1. The van der Waals surface area contributed by atoms with Gasteiger partial charge in [-0.25, -0.2) is 0 Å². The van der Waals surface area contributed by atoms with Gasteiger partial charge in [0.25, 0.3) is 0 Å². The Labute approximate surface area is 123 Å². The predicted molar refractivity (Wildman–Crippen MR) is 78.5 cm³/mol. The van der Waals surface area contributed by atoms with Crippen molar-refractivity contribution < 1.29 is 9.59 Å². The minimum Gasteiger partial charge on any atom is -0.285 e. The molecule has 0 aromatic carbocycles. The van der Waals surface area contributed by atoms with Crippen LogP contribution in [0.15, 0.2) is 15.4 Å². The van der Waals surface area contributed by atoms with Crippen molar-refractivity contribution >= 4 is 71.4 Å². The maximum absolute atomic E-state index is 11.8. The Balaban J connectivity index is 2.72. The number of terminal acetylenes is 1. The quantitative estimate of drug-likeness (QED) is 0.437. The second kappa shape index (κ2) is 5.11. The number of carbonyl (C=O) groups is 2. The van der Waals surface area contributed by atoms with Gasteiger partial charge in [-0.05, 0) is 22.0 Å². The third-order valence-electron chi connectivity index (χ3n) is 2.16. The molecule has 1 aliphatic carbocycles. The lowest BCUT2D eigenvalue weighted by Gasteiger charge is -2.13. The topological polar surface area (TPSA) is 34.1 Å². The van der Waals surface area contributed by atoms with Gasteiger partial charge >= 0.3 is 0 Å². The first-order chi connectivity index (χ1) is 8.10. The van der Waals surface area contributed by atoms with Crippen molar-refractivity contribution in [3.63, 3.8) is 0 Å². The molecule has 0 N–H and O–H groups in total. The van der Waals surface area contributed by atoms with E-state index in [1.54, 1.807) is 6.07 Å². The number of halogens is 2. The van der Waals surface area contributed by atoms with E-state index in [4.69, 9.17) is 6.42 Å². The van der Waals surface area contributed by atoms with Crippen LogP contribution in [0.3, 0.4) is 0 Å². The van der Waals surface area contributed by atoms with Crippen LogP contribution in [0.2, 0.25) is 0 Å². The summed E-state index contributed by atoms with van der Waals surface area (Å²) in [6.45, 7) is 0. The van der Waals surface area contributed by atoms with Crippen LogP contribution >= 0.6 is 55.0 Å². The van der Waals surface area contributed by atoms with Crippen molar-refractivity contribution in [3.8, 4) is 12.3 Å². The van der Waals surface area contributed by atoms with Gasteiger partial charge in [0, 0.05) is 10.5 Å². The number of alkyl halides is 1. The molecule has 1 aromatic heterocycles. The summed E-state index contributed by atoms with van der Waals surface area (Å²) in [6, 6.07) is 1.67. The highest BCUT2D eigenvalue weighted by molar-refractivity contribution is 9.11. The summed E-state index contributed by atoms with van der Waals surface area (Å²) >= 11 is 9.44. The molecule has 0 saturated heterocycles. The Bertz CT molecular complexity index is 593. The molecule has 6 heteroatoms. The van der Waals surface area contributed by atoms with Gasteiger partial charge in [0.05, 0.1) is 18.9 Å². The van der Waals surface area contributed by atoms with Gasteiger partial charge in [-0.3, -0.25) is 9.59 Å².